The summed E-state index contributed by atoms with van der Waals surface area (Å²) in [6.07, 6.45) is 5.43. The van der Waals surface area contributed by atoms with Gasteiger partial charge >= 0.3 is 0 Å². The molecular weight excluding hydrogens is 344 g/mol. The van der Waals surface area contributed by atoms with E-state index in [0.717, 1.165) is 58.5 Å². The maximum atomic E-state index is 12.6. The van der Waals surface area contributed by atoms with Crippen molar-refractivity contribution >= 4 is 5.91 Å². The lowest BCUT2D eigenvalue weighted by atomic mass is 10.0. The van der Waals surface area contributed by atoms with Crippen molar-refractivity contribution in [1.29, 1.82) is 0 Å². The van der Waals surface area contributed by atoms with Gasteiger partial charge in [0.2, 0.25) is 0 Å². The van der Waals surface area contributed by atoms with Gasteiger partial charge in [-0.2, -0.15) is 0 Å². The molecule has 6 nitrogen and oxygen atoms in total. The van der Waals surface area contributed by atoms with E-state index in [1.54, 1.807) is 13.2 Å². The number of benzene rings is 1. The summed E-state index contributed by atoms with van der Waals surface area (Å²) in [5.74, 6) is 1.98. The summed E-state index contributed by atoms with van der Waals surface area (Å²) < 4.78 is 17.1. The Morgan fingerprint density at radius 3 is 2.70 bits per heavy atom. The van der Waals surface area contributed by atoms with Gasteiger partial charge in [-0.05, 0) is 50.2 Å². The normalized spacial score (nSPS) is 24.0. The van der Waals surface area contributed by atoms with E-state index in [1.807, 2.05) is 12.1 Å². The average molecular weight is 374 g/mol. The Kier molecular flexibility index (Phi) is 5.83. The number of nitrogens with zero attached hydrogens (tertiary/aromatic N) is 1. The van der Waals surface area contributed by atoms with Crippen LogP contribution in [0.5, 0.6) is 11.5 Å². The van der Waals surface area contributed by atoms with Crippen LogP contribution >= 0.6 is 0 Å². The molecule has 1 atom stereocenters. The van der Waals surface area contributed by atoms with Crippen molar-refractivity contribution in [3.05, 3.63) is 23.8 Å². The fourth-order valence-electron chi connectivity index (χ4n) is 3.89. The molecule has 1 aromatic rings. The van der Waals surface area contributed by atoms with Gasteiger partial charge in [0, 0.05) is 38.3 Å². The van der Waals surface area contributed by atoms with Crippen molar-refractivity contribution in [2.24, 2.45) is 5.92 Å². The molecule has 2 heterocycles. The lowest BCUT2D eigenvalue weighted by Gasteiger charge is -2.33. The first-order valence-electron chi connectivity index (χ1n) is 10.2. The summed E-state index contributed by atoms with van der Waals surface area (Å²) >= 11 is 0. The molecule has 6 heteroatoms. The van der Waals surface area contributed by atoms with E-state index in [1.165, 1.54) is 6.42 Å². The fourth-order valence-corrected chi connectivity index (χ4v) is 3.89. The van der Waals surface area contributed by atoms with E-state index in [4.69, 9.17) is 14.2 Å². The van der Waals surface area contributed by atoms with E-state index in [-0.39, 0.29) is 12.0 Å². The molecule has 27 heavy (non-hydrogen) atoms. The monoisotopic (exact) mass is 374 g/mol. The number of hydrogen-bond donors (Lipinski definition) is 1. The molecule has 0 radical (unpaired) electrons. The van der Waals surface area contributed by atoms with Gasteiger partial charge in [-0.15, -0.1) is 0 Å². The topological polar surface area (TPSA) is 60.0 Å². The van der Waals surface area contributed by atoms with Crippen LogP contribution < -0.4 is 14.8 Å². The molecule has 3 fully saturated rings. The van der Waals surface area contributed by atoms with Crippen LogP contribution in [0.3, 0.4) is 0 Å². The lowest BCUT2D eigenvalue weighted by molar-refractivity contribution is 0.0843. The zero-order valence-corrected chi connectivity index (χ0v) is 16.1. The highest BCUT2D eigenvalue weighted by atomic mass is 16.5. The molecule has 2 saturated heterocycles. The van der Waals surface area contributed by atoms with Crippen molar-refractivity contribution in [3.8, 4) is 11.5 Å². The number of likely N-dealkylation sites (tertiary alicyclic amines) is 1. The Balaban J connectivity index is 1.35. The van der Waals surface area contributed by atoms with E-state index < -0.39 is 0 Å². The number of amides is 1. The molecule has 148 valence electrons. The number of nitrogens with one attached hydrogen (secondary N) is 1. The molecular formula is C21H30N2O4. The van der Waals surface area contributed by atoms with Crippen molar-refractivity contribution in [1.82, 2.24) is 10.2 Å². The van der Waals surface area contributed by atoms with E-state index in [0.29, 0.717) is 29.0 Å². The van der Waals surface area contributed by atoms with E-state index >= 15 is 0 Å². The highest BCUT2D eigenvalue weighted by Gasteiger charge is 2.28. The third kappa shape index (κ3) is 4.93. The van der Waals surface area contributed by atoms with Gasteiger partial charge in [-0.25, -0.2) is 0 Å². The van der Waals surface area contributed by atoms with Gasteiger partial charge in [-0.3, -0.25) is 4.79 Å². The number of methoxy groups -OCH3 is 1. The molecule has 1 amide bonds. The van der Waals surface area contributed by atoms with Crippen LogP contribution in [0.25, 0.3) is 0 Å². The predicted octanol–water partition coefficient (Wildman–Crippen LogP) is 2.47. The summed E-state index contributed by atoms with van der Waals surface area (Å²) in [5, 5.41) is 3.05. The minimum Gasteiger partial charge on any atom is -0.497 e. The van der Waals surface area contributed by atoms with Crippen molar-refractivity contribution in [2.75, 3.05) is 40.0 Å². The summed E-state index contributed by atoms with van der Waals surface area (Å²) in [4.78, 5) is 15.1. The van der Waals surface area contributed by atoms with Crippen LogP contribution in [0.15, 0.2) is 18.2 Å². The van der Waals surface area contributed by atoms with Crippen molar-refractivity contribution < 1.29 is 19.0 Å². The quantitative estimate of drug-likeness (QED) is 0.795. The van der Waals surface area contributed by atoms with Crippen molar-refractivity contribution in [2.45, 2.75) is 44.2 Å². The van der Waals surface area contributed by atoms with Gasteiger partial charge in [0.05, 0.1) is 19.3 Å². The van der Waals surface area contributed by atoms with Crippen LogP contribution in [0.1, 0.15) is 42.5 Å². The van der Waals surface area contributed by atoms with Gasteiger partial charge in [0.15, 0.2) is 0 Å². The molecule has 2 aliphatic heterocycles. The maximum absolute atomic E-state index is 12.6. The van der Waals surface area contributed by atoms with Crippen LogP contribution in [0.2, 0.25) is 0 Å². The first-order valence-corrected chi connectivity index (χ1v) is 10.2. The molecule has 3 aliphatic rings. The number of ether oxygens (including phenoxy) is 3. The smallest absolute Gasteiger partial charge is 0.255 e. The van der Waals surface area contributed by atoms with Gasteiger partial charge < -0.3 is 24.4 Å². The largest absolute Gasteiger partial charge is 0.497 e. The SMILES string of the molecule is COc1ccc(C(=O)NC2CC2)c(OC2CCN(CC3CCOC3)CC2)c1. The highest BCUT2D eigenvalue weighted by molar-refractivity contribution is 5.97. The minimum atomic E-state index is -0.0474. The van der Waals surface area contributed by atoms with Crippen molar-refractivity contribution in [3.63, 3.8) is 0 Å². The second-order valence-corrected chi connectivity index (χ2v) is 7.96. The number of carbonyl (C=O) groups is 1. The molecule has 0 aromatic heterocycles. The molecule has 4 rings (SSSR count). The Hall–Kier alpha value is -1.79. The molecule has 1 aromatic carbocycles. The number of carbonyl (C=O) groups excluding carboxylic acids is 1. The van der Waals surface area contributed by atoms with E-state index in [2.05, 4.69) is 10.2 Å². The van der Waals surface area contributed by atoms with Crippen LogP contribution in [0, 0.1) is 5.92 Å². The van der Waals surface area contributed by atoms with Gasteiger partial charge in [-0.1, -0.05) is 0 Å². The average Bonchev–Trinajstić information content (AvgIpc) is 3.35. The first kappa shape index (κ1) is 18.6. The second-order valence-electron chi connectivity index (χ2n) is 7.96. The summed E-state index contributed by atoms with van der Waals surface area (Å²) in [6, 6.07) is 5.79. The molecule has 1 aliphatic carbocycles. The van der Waals surface area contributed by atoms with E-state index in [9.17, 15) is 4.79 Å². The predicted molar refractivity (Wildman–Crippen MR) is 102 cm³/mol. The molecule has 1 N–H and O–H groups in total. The Morgan fingerprint density at radius 2 is 2.04 bits per heavy atom. The Morgan fingerprint density at radius 1 is 1.22 bits per heavy atom. The third-order valence-corrected chi connectivity index (χ3v) is 5.71. The Bertz CT molecular complexity index is 648. The zero-order valence-electron chi connectivity index (χ0n) is 16.1. The fraction of sp³-hybridized carbons (Fsp3) is 0.667. The number of rotatable bonds is 7. The standard InChI is InChI=1S/C21H30N2O4/c1-25-18-4-5-19(21(24)22-16-2-3-16)20(12-18)27-17-6-9-23(10-7-17)13-15-8-11-26-14-15/h4-5,12,15-17H,2-3,6-11,13-14H2,1H3,(H,22,24). The lowest BCUT2D eigenvalue weighted by Crippen LogP contribution is -2.41. The summed E-state index contributed by atoms with van der Waals surface area (Å²) in [6.45, 7) is 5.01. The van der Waals surface area contributed by atoms with Crippen LogP contribution in [-0.4, -0.2) is 62.9 Å². The molecule has 1 saturated carbocycles. The maximum Gasteiger partial charge on any atom is 0.255 e. The number of hydrogen-bond acceptors (Lipinski definition) is 5. The first-order chi connectivity index (χ1) is 13.2. The second kappa shape index (κ2) is 8.48. The van der Waals surface area contributed by atoms with Gasteiger partial charge in [0.1, 0.15) is 17.6 Å². The third-order valence-electron chi connectivity index (χ3n) is 5.71. The van der Waals surface area contributed by atoms with Crippen LogP contribution in [0.4, 0.5) is 0 Å². The zero-order chi connectivity index (χ0) is 18.6. The molecule has 0 spiro atoms. The molecule has 0 bridgehead atoms. The van der Waals surface area contributed by atoms with Crippen LogP contribution in [-0.2, 0) is 4.74 Å². The van der Waals surface area contributed by atoms with Gasteiger partial charge in [0.25, 0.3) is 5.91 Å². The summed E-state index contributed by atoms with van der Waals surface area (Å²) in [5.41, 5.74) is 0.605. The Labute approximate surface area is 161 Å². The number of piperidine rings is 1. The molecule has 1 unspecified atom stereocenters. The summed E-state index contributed by atoms with van der Waals surface area (Å²) in [7, 11) is 1.63. The highest BCUT2D eigenvalue weighted by Crippen LogP contribution is 2.29. The minimum absolute atomic E-state index is 0.0474.